The smallest absolute Gasteiger partial charge is 0.306 e. The van der Waals surface area contributed by atoms with E-state index < -0.39 is 5.97 Å². The summed E-state index contributed by atoms with van der Waals surface area (Å²) in [4.78, 5) is 12.6. The third kappa shape index (κ3) is 2.17. The van der Waals surface area contributed by atoms with Gasteiger partial charge in [-0.25, -0.2) is 0 Å². The number of rotatable bonds is 2. The van der Waals surface area contributed by atoms with Crippen molar-refractivity contribution in [2.24, 2.45) is 5.92 Å². The van der Waals surface area contributed by atoms with Crippen molar-refractivity contribution >= 4 is 18.6 Å². The van der Waals surface area contributed by atoms with Crippen molar-refractivity contribution in [2.75, 3.05) is 13.1 Å². The third-order valence-corrected chi connectivity index (χ3v) is 2.49. The molecule has 4 heteroatoms. The Morgan fingerprint density at radius 2 is 2.00 bits per heavy atom. The summed E-state index contributed by atoms with van der Waals surface area (Å²) in [5, 5.41) is 9.44. The molecule has 0 radical (unpaired) electrons. The second-order valence-electron chi connectivity index (χ2n) is 3.02. The van der Waals surface area contributed by atoms with Crippen LogP contribution in [0.5, 0.6) is 0 Å². The molecule has 0 spiro atoms. The van der Waals surface area contributed by atoms with Gasteiger partial charge in [0, 0.05) is 13.1 Å². The Hall–Kier alpha value is -0.640. The average Bonchev–Trinajstić information content (AvgIpc) is 2.04. The Bertz CT molecular complexity index is 175. The number of carboxylic acids is 1. The topological polar surface area (TPSA) is 40.5 Å². The van der Waals surface area contributed by atoms with Crippen molar-refractivity contribution in [3.05, 3.63) is 11.6 Å². The highest BCUT2D eigenvalue weighted by molar-refractivity contribution is 7.84. The van der Waals surface area contributed by atoms with Crippen LogP contribution >= 0.6 is 12.6 Å². The second-order valence-corrected chi connectivity index (χ2v) is 3.53. The molecular weight excluding hydrogens is 174 g/mol. The summed E-state index contributed by atoms with van der Waals surface area (Å²) in [6.45, 7) is 5.22. The maximum absolute atomic E-state index is 10.6. The van der Waals surface area contributed by atoms with Crippen molar-refractivity contribution in [3.63, 3.8) is 0 Å². The molecule has 1 rings (SSSR count). The number of likely N-dealkylation sites (tertiary alicyclic amines) is 1. The molecule has 1 aliphatic rings. The first kappa shape index (κ1) is 9.45. The van der Waals surface area contributed by atoms with E-state index in [1.54, 1.807) is 0 Å². The van der Waals surface area contributed by atoms with Crippen molar-refractivity contribution in [2.45, 2.75) is 12.8 Å². The fraction of sp³-hybridized carbons (Fsp3) is 0.625. The van der Waals surface area contributed by atoms with E-state index in [1.165, 1.54) is 0 Å². The number of carboxylic acid groups (broad SMARTS) is 1. The monoisotopic (exact) mass is 187 g/mol. The molecule has 1 saturated heterocycles. The standard InChI is InChI=1S/C8H13NO2S/c1-6(12)9-4-2-7(3-5-9)8(10)11/h7,12H,1-5H2,(H,10,11). The molecule has 68 valence electrons. The first-order valence-electron chi connectivity index (χ1n) is 3.97. The zero-order valence-electron chi connectivity index (χ0n) is 6.86. The van der Waals surface area contributed by atoms with Crippen LogP contribution in [0, 0.1) is 5.92 Å². The minimum Gasteiger partial charge on any atom is -0.481 e. The Labute approximate surface area is 77.5 Å². The van der Waals surface area contributed by atoms with Gasteiger partial charge < -0.3 is 10.0 Å². The van der Waals surface area contributed by atoms with Gasteiger partial charge in [0.15, 0.2) is 0 Å². The minimum absolute atomic E-state index is 0.172. The summed E-state index contributed by atoms with van der Waals surface area (Å²) in [7, 11) is 0. The molecule has 0 amide bonds. The molecular formula is C8H13NO2S. The van der Waals surface area contributed by atoms with Crippen LogP contribution in [-0.2, 0) is 4.79 Å². The molecule has 0 aromatic carbocycles. The number of aliphatic carboxylic acids is 1. The summed E-state index contributed by atoms with van der Waals surface area (Å²) in [6, 6.07) is 0. The molecule has 0 saturated carbocycles. The molecule has 0 aromatic heterocycles. The van der Waals surface area contributed by atoms with Gasteiger partial charge >= 0.3 is 5.97 Å². The lowest BCUT2D eigenvalue weighted by molar-refractivity contribution is -0.143. The minimum atomic E-state index is -0.681. The van der Waals surface area contributed by atoms with Crippen LogP contribution in [0.2, 0.25) is 0 Å². The highest BCUT2D eigenvalue weighted by Gasteiger charge is 2.23. The fourth-order valence-electron chi connectivity index (χ4n) is 1.38. The number of piperidine rings is 1. The lowest BCUT2D eigenvalue weighted by atomic mass is 9.97. The lowest BCUT2D eigenvalue weighted by Crippen LogP contribution is -2.34. The zero-order chi connectivity index (χ0) is 9.14. The largest absolute Gasteiger partial charge is 0.481 e. The molecule has 1 aliphatic heterocycles. The van der Waals surface area contributed by atoms with Gasteiger partial charge in [-0.2, -0.15) is 0 Å². The number of nitrogens with zero attached hydrogens (tertiary/aromatic N) is 1. The van der Waals surface area contributed by atoms with Crippen molar-refractivity contribution in [3.8, 4) is 0 Å². The van der Waals surface area contributed by atoms with Crippen molar-refractivity contribution in [1.82, 2.24) is 4.90 Å². The first-order chi connectivity index (χ1) is 5.61. The third-order valence-electron chi connectivity index (χ3n) is 2.21. The van der Waals surface area contributed by atoms with Crippen LogP contribution in [0.3, 0.4) is 0 Å². The van der Waals surface area contributed by atoms with Gasteiger partial charge in [0.2, 0.25) is 0 Å². The molecule has 0 atom stereocenters. The lowest BCUT2D eigenvalue weighted by Gasteiger charge is -2.31. The summed E-state index contributed by atoms with van der Waals surface area (Å²) < 4.78 is 0. The van der Waals surface area contributed by atoms with Gasteiger partial charge in [0.05, 0.1) is 10.9 Å². The molecule has 1 heterocycles. The summed E-state index contributed by atoms with van der Waals surface area (Å²) >= 11 is 4.11. The van der Waals surface area contributed by atoms with Crippen LogP contribution in [0.15, 0.2) is 11.6 Å². The Balaban J connectivity index is 2.39. The predicted octanol–water partition coefficient (Wildman–Crippen LogP) is 1.18. The number of hydrogen-bond donors (Lipinski definition) is 2. The normalized spacial score (nSPS) is 19.2. The van der Waals surface area contributed by atoms with Crippen LogP contribution in [0.4, 0.5) is 0 Å². The molecule has 0 bridgehead atoms. The number of thiol groups is 1. The van der Waals surface area contributed by atoms with E-state index in [4.69, 9.17) is 5.11 Å². The molecule has 0 unspecified atom stereocenters. The Kier molecular flexibility index (Phi) is 3.03. The van der Waals surface area contributed by atoms with E-state index in [1.807, 2.05) is 4.90 Å². The van der Waals surface area contributed by atoms with Crippen LogP contribution in [-0.4, -0.2) is 29.1 Å². The first-order valence-corrected chi connectivity index (χ1v) is 4.41. The molecule has 0 aliphatic carbocycles. The van der Waals surface area contributed by atoms with E-state index in [2.05, 4.69) is 19.2 Å². The van der Waals surface area contributed by atoms with E-state index in [-0.39, 0.29) is 5.92 Å². The summed E-state index contributed by atoms with van der Waals surface area (Å²) in [5.74, 6) is -0.853. The van der Waals surface area contributed by atoms with Gasteiger partial charge in [-0.3, -0.25) is 4.79 Å². The molecule has 3 nitrogen and oxygen atoms in total. The van der Waals surface area contributed by atoms with Crippen LogP contribution < -0.4 is 0 Å². The molecule has 0 aromatic rings. The highest BCUT2D eigenvalue weighted by atomic mass is 32.1. The average molecular weight is 187 g/mol. The van der Waals surface area contributed by atoms with Crippen LogP contribution in [0.25, 0.3) is 0 Å². The SMILES string of the molecule is C=C(S)N1CCC(C(=O)O)CC1. The maximum atomic E-state index is 10.6. The fourth-order valence-corrected chi connectivity index (χ4v) is 1.58. The van der Waals surface area contributed by atoms with Crippen LogP contribution in [0.1, 0.15) is 12.8 Å². The van der Waals surface area contributed by atoms with E-state index in [9.17, 15) is 4.79 Å². The van der Waals surface area contributed by atoms with Gasteiger partial charge in [-0.05, 0) is 12.8 Å². The van der Waals surface area contributed by atoms with Gasteiger partial charge in [-0.1, -0.05) is 6.58 Å². The quantitative estimate of drug-likeness (QED) is 0.638. The molecule has 1 N–H and O–H groups in total. The highest BCUT2D eigenvalue weighted by Crippen LogP contribution is 2.20. The predicted molar refractivity (Wildman–Crippen MR) is 50.1 cm³/mol. The number of carbonyl (C=O) groups is 1. The Morgan fingerprint density at radius 3 is 2.33 bits per heavy atom. The van der Waals surface area contributed by atoms with E-state index in [0.717, 1.165) is 18.1 Å². The van der Waals surface area contributed by atoms with Crippen molar-refractivity contribution < 1.29 is 9.90 Å². The van der Waals surface area contributed by atoms with E-state index in [0.29, 0.717) is 12.8 Å². The maximum Gasteiger partial charge on any atom is 0.306 e. The molecule has 1 fully saturated rings. The second kappa shape index (κ2) is 3.85. The zero-order valence-corrected chi connectivity index (χ0v) is 7.76. The van der Waals surface area contributed by atoms with Gasteiger partial charge in [0.1, 0.15) is 0 Å². The van der Waals surface area contributed by atoms with Gasteiger partial charge in [0.25, 0.3) is 0 Å². The number of hydrogen-bond acceptors (Lipinski definition) is 3. The molecule has 12 heavy (non-hydrogen) atoms. The van der Waals surface area contributed by atoms with Gasteiger partial charge in [-0.15, -0.1) is 12.6 Å². The summed E-state index contributed by atoms with van der Waals surface area (Å²) in [6.07, 6.45) is 1.41. The van der Waals surface area contributed by atoms with Crippen molar-refractivity contribution in [1.29, 1.82) is 0 Å². The Morgan fingerprint density at radius 1 is 1.50 bits per heavy atom. The van der Waals surface area contributed by atoms with E-state index >= 15 is 0 Å². The summed E-state index contributed by atoms with van der Waals surface area (Å²) in [5.41, 5.74) is 0.